The highest BCUT2D eigenvalue weighted by molar-refractivity contribution is 8.00. The van der Waals surface area contributed by atoms with Crippen molar-refractivity contribution in [2.45, 2.75) is 23.4 Å². The molecule has 0 radical (unpaired) electrons. The normalized spacial score (nSPS) is 12.4. The summed E-state index contributed by atoms with van der Waals surface area (Å²) in [5.41, 5.74) is -1.48. The van der Waals surface area contributed by atoms with Crippen LogP contribution in [0.5, 0.6) is 5.75 Å². The average molecular weight is 440 g/mol. The van der Waals surface area contributed by atoms with Crippen LogP contribution in [-0.2, 0) is 11.0 Å². The fraction of sp³-hybridized carbons (Fsp3) is 0.211. The Bertz CT molecular complexity index is 1090. The van der Waals surface area contributed by atoms with Crippen molar-refractivity contribution < 1.29 is 31.9 Å². The van der Waals surface area contributed by atoms with E-state index in [0.717, 1.165) is 17.8 Å². The van der Waals surface area contributed by atoms with E-state index in [0.29, 0.717) is 11.4 Å². The van der Waals surface area contributed by atoms with Crippen LogP contribution in [0.3, 0.4) is 0 Å². The molecular formula is C19H17F3N3O4S+. The molecule has 1 aromatic heterocycles. The number of alkyl halides is 3. The van der Waals surface area contributed by atoms with Gasteiger partial charge in [-0.25, -0.2) is 4.79 Å². The lowest BCUT2D eigenvalue weighted by atomic mass is 10.1. The van der Waals surface area contributed by atoms with Gasteiger partial charge in [0.25, 0.3) is 0 Å². The molecule has 1 unspecified atom stereocenters. The van der Waals surface area contributed by atoms with Crippen LogP contribution in [0.2, 0.25) is 0 Å². The third-order valence-corrected chi connectivity index (χ3v) is 5.23. The number of nitrogens with zero attached hydrogens (tertiary/aromatic N) is 1. The first-order valence-corrected chi connectivity index (χ1v) is 9.50. The first-order valence-electron chi connectivity index (χ1n) is 8.62. The first kappa shape index (κ1) is 21.5. The van der Waals surface area contributed by atoms with E-state index in [1.54, 1.807) is 24.3 Å². The van der Waals surface area contributed by atoms with Gasteiger partial charge in [0, 0.05) is 12.1 Å². The van der Waals surface area contributed by atoms with E-state index in [1.165, 1.54) is 36.9 Å². The Hall–Kier alpha value is -3.21. The molecule has 7 nitrogen and oxygen atoms in total. The Morgan fingerprint density at radius 3 is 2.50 bits per heavy atom. The molecule has 2 aromatic carbocycles. The van der Waals surface area contributed by atoms with Crippen molar-refractivity contribution >= 4 is 23.4 Å². The smallest absolute Gasteiger partial charge is 0.442 e. The van der Waals surface area contributed by atoms with E-state index >= 15 is 0 Å². The number of methoxy groups -OCH3 is 1. The second kappa shape index (κ2) is 8.66. The number of ether oxygens (including phenoxy) is 1. The van der Waals surface area contributed by atoms with Crippen molar-refractivity contribution in [1.82, 2.24) is 5.27 Å². The number of H-pyrrole nitrogens is 1. The minimum absolute atomic E-state index is 0.0620. The van der Waals surface area contributed by atoms with Crippen molar-refractivity contribution in [2.24, 2.45) is 0 Å². The van der Waals surface area contributed by atoms with E-state index in [1.807, 2.05) is 0 Å². The van der Waals surface area contributed by atoms with Gasteiger partial charge in [-0.05, 0) is 52.9 Å². The summed E-state index contributed by atoms with van der Waals surface area (Å²) in [6, 6.07) is 11.3. The van der Waals surface area contributed by atoms with Crippen molar-refractivity contribution in [1.29, 1.82) is 0 Å². The van der Waals surface area contributed by atoms with Gasteiger partial charge in [-0.15, -0.1) is 0 Å². The number of halogens is 3. The molecular weight excluding hydrogens is 423 g/mol. The first-order chi connectivity index (χ1) is 14.2. The van der Waals surface area contributed by atoms with Gasteiger partial charge in [0.05, 0.1) is 23.6 Å². The van der Waals surface area contributed by atoms with E-state index in [4.69, 9.17) is 9.26 Å². The minimum Gasteiger partial charge on any atom is -0.497 e. The van der Waals surface area contributed by atoms with Crippen molar-refractivity contribution in [3.05, 3.63) is 64.5 Å². The maximum Gasteiger partial charge on any atom is 0.442 e. The number of hydrogen-bond donors (Lipinski definition) is 2. The molecule has 0 saturated carbocycles. The molecule has 3 rings (SSSR count). The number of carbonyl (C=O) groups excluding carboxylic acids is 1. The van der Waals surface area contributed by atoms with Crippen molar-refractivity contribution in [2.75, 3.05) is 12.4 Å². The van der Waals surface area contributed by atoms with Gasteiger partial charge in [-0.1, -0.05) is 12.1 Å². The lowest BCUT2D eigenvalue weighted by molar-refractivity contribution is -0.704. The van der Waals surface area contributed by atoms with Crippen LogP contribution in [0.25, 0.3) is 5.69 Å². The molecule has 158 valence electrons. The number of aromatic amines is 1. The van der Waals surface area contributed by atoms with E-state index < -0.39 is 28.5 Å². The number of amides is 1. The largest absolute Gasteiger partial charge is 0.497 e. The predicted octanol–water partition coefficient (Wildman–Crippen LogP) is 3.39. The quantitative estimate of drug-likeness (QED) is 0.453. The fourth-order valence-corrected chi connectivity index (χ4v) is 3.45. The van der Waals surface area contributed by atoms with Crippen LogP contribution in [0.1, 0.15) is 12.5 Å². The average Bonchev–Trinajstić information content (AvgIpc) is 3.08. The molecule has 3 aromatic rings. The third kappa shape index (κ3) is 4.67. The maximum atomic E-state index is 13.1. The molecule has 1 heterocycles. The Morgan fingerprint density at radius 2 is 1.87 bits per heavy atom. The van der Waals surface area contributed by atoms with E-state index in [2.05, 4.69) is 10.6 Å². The molecule has 0 aliphatic carbocycles. The zero-order valence-corrected chi connectivity index (χ0v) is 16.6. The Morgan fingerprint density at radius 1 is 1.20 bits per heavy atom. The number of hydrogen-bond acceptors (Lipinski definition) is 5. The maximum absolute atomic E-state index is 13.1. The summed E-state index contributed by atoms with van der Waals surface area (Å²) < 4.78 is 50.6. The van der Waals surface area contributed by atoms with Crippen molar-refractivity contribution in [3.63, 3.8) is 0 Å². The second-order valence-electron chi connectivity index (χ2n) is 6.11. The second-order valence-corrected chi connectivity index (χ2v) is 7.44. The predicted molar refractivity (Wildman–Crippen MR) is 103 cm³/mol. The van der Waals surface area contributed by atoms with Crippen LogP contribution in [0.4, 0.5) is 18.9 Å². The standard InChI is InChI=1S/C19H16F3N3O4S/c1-11(16(26)23-15-6-4-3-5-14(15)19(20,21)22)30-17-18(27)29-24-25(17)12-7-9-13(28-2)10-8-12/h3-11H,1-2H3,(H-,23,24,26,27)/p+1. The van der Waals surface area contributed by atoms with Gasteiger partial charge in [-0.3, -0.25) is 9.32 Å². The van der Waals surface area contributed by atoms with Crippen LogP contribution >= 0.6 is 11.8 Å². The molecule has 11 heteroatoms. The summed E-state index contributed by atoms with van der Waals surface area (Å²) in [5.74, 6) is -0.0888. The zero-order chi connectivity index (χ0) is 21.9. The third-order valence-electron chi connectivity index (χ3n) is 4.09. The number of rotatable bonds is 6. The van der Waals surface area contributed by atoms with Crippen LogP contribution in [0.15, 0.2) is 62.9 Å². The van der Waals surface area contributed by atoms with Crippen LogP contribution in [-0.4, -0.2) is 23.5 Å². The van der Waals surface area contributed by atoms with E-state index in [-0.39, 0.29) is 10.7 Å². The number of aromatic nitrogens is 2. The van der Waals surface area contributed by atoms with Gasteiger partial charge in [0.1, 0.15) is 5.75 Å². The van der Waals surface area contributed by atoms with Crippen LogP contribution < -0.4 is 20.4 Å². The Labute approximate surface area is 172 Å². The Balaban J connectivity index is 1.80. The summed E-state index contributed by atoms with van der Waals surface area (Å²) in [4.78, 5) is 24.6. The topological polar surface area (TPSA) is 88.2 Å². The number of carbonyl (C=O) groups is 1. The van der Waals surface area contributed by atoms with Crippen molar-refractivity contribution in [3.8, 4) is 11.4 Å². The Kier molecular flexibility index (Phi) is 6.20. The number of benzene rings is 2. The molecule has 0 spiro atoms. The lowest BCUT2D eigenvalue weighted by Crippen LogP contribution is -2.37. The molecule has 1 atom stereocenters. The molecule has 30 heavy (non-hydrogen) atoms. The van der Waals surface area contributed by atoms with Gasteiger partial charge >= 0.3 is 16.8 Å². The van der Waals surface area contributed by atoms with Gasteiger partial charge in [-0.2, -0.15) is 13.2 Å². The molecule has 0 bridgehead atoms. The highest BCUT2D eigenvalue weighted by Gasteiger charge is 2.34. The van der Waals surface area contributed by atoms with Gasteiger partial charge in [0.2, 0.25) is 11.6 Å². The zero-order valence-electron chi connectivity index (χ0n) is 15.8. The molecule has 1 amide bonds. The monoisotopic (exact) mass is 440 g/mol. The summed E-state index contributed by atoms with van der Waals surface area (Å²) in [6.45, 7) is 1.47. The fourth-order valence-electron chi connectivity index (χ4n) is 2.56. The lowest BCUT2D eigenvalue weighted by Gasteiger charge is -2.15. The number of para-hydroxylation sites is 1. The summed E-state index contributed by atoms with van der Waals surface area (Å²) in [6.07, 6.45) is -4.61. The number of nitrogens with one attached hydrogen (secondary N) is 2. The van der Waals surface area contributed by atoms with Gasteiger partial charge in [0.15, 0.2) is 0 Å². The minimum atomic E-state index is -4.61. The summed E-state index contributed by atoms with van der Waals surface area (Å²) >= 11 is 0.850. The highest BCUT2D eigenvalue weighted by Crippen LogP contribution is 2.35. The number of anilines is 1. The molecule has 0 fully saturated rings. The summed E-state index contributed by atoms with van der Waals surface area (Å²) in [7, 11) is 1.51. The SMILES string of the molecule is COc1ccc(-[n+]2[nH]oc(=O)c2SC(C)C(=O)Nc2ccccc2C(F)(F)F)cc1. The molecule has 2 N–H and O–H groups in total. The molecule has 0 aliphatic heterocycles. The molecule has 0 saturated heterocycles. The number of thioether (sulfide) groups is 1. The summed E-state index contributed by atoms with van der Waals surface area (Å²) in [5, 5.41) is 3.88. The van der Waals surface area contributed by atoms with E-state index in [9.17, 15) is 22.8 Å². The highest BCUT2D eigenvalue weighted by atomic mass is 32.2. The molecule has 0 aliphatic rings. The van der Waals surface area contributed by atoms with Crippen LogP contribution in [0, 0.1) is 0 Å². The van der Waals surface area contributed by atoms with Gasteiger partial charge < -0.3 is 10.1 Å².